The fourth-order valence-corrected chi connectivity index (χ4v) is 6.73. The quantitative estimate of drug-likeness (QED) is 0.294. The van der Waals surface area contributed by atoms with Crippen LogP contribution in [0.4, 0.5) is 16.2 Å². The Balaban J connectivity index is 1.63. The molecule has 0 bridgehead atoms. The van der Waals surface area contributed by atoms with E-state index in [1.807, 2.05) is 13.8 Å². The van der Waals surface area contributed by atoms with Gasteiger partial charge in [-0.25, -0.2) is 13.2 Å². The molecule has 0 unspecified atom stereocenters. The molecule has 0 radical (unpaired) electrons. The minimum atomic E-state index is -3.78. The first kappa shape index (κ1) is 36.8. The second-order valence-corrected chi connectivity index (χ2v) is 14.4. The lowest BCUT2D eigenvalue weighted by atomic mass is 10.0. The first-order valence-corrected chi connectivity index (χ1v) is 17.6. The van der Waals surface area contributed by atoms with Gasteiger partial charge in [0.05, 0.1) is 35.3 Å². The number of likely N-dealkylation sites (N-methyl/N-ethyl adjacent to an activating group) is 1. The summed E-state index contributed by atoms with van der Waals surface area (Å²) in [6.07, 6.45) is 1.43. The number of aliphatic hydroxyl groups is 1. The van der Waals surface area contributed by atoms with E-state index in [1.165, 1.54) is 11.4 Å². The third-order valence-corrected chi connectivity index (χ3v) is 10.3. The van der Waals surface area contributed by atoms with Crippen LogP contribution in [-0.4, -0.2) is 91.4 Å². The normalized spacial score (nSPS) is 20.4. The molecule has 0 fully saturated rings. The topological polar surface area (TPSA) is 164 Å². The lowest BCUT2D eigenvalue weighted by molar-refractivity contribution is -0.00833. The number of aryl methyl sites for hydroxylation is 2. The summed E-state index contributed by atoms with van der Waals surface area (Å²) in [5, 5.41) is 19.6. The molecular formula is C34H47N5O8S. The Morgan fingerprint density at radius 1 is 1.12 bits per heavy atom. The summed E-state index contributed by atoms with van der Waals surface area (Å²) in [5.74, 6) is 0.0648. The molecule has 1 aliphatic rings. The van der Waals surface area contributed by atoms with Gasteiger partial charge < -0.3 is 34.6 Å². The largest absolute Gasteiger partial charge is 0.490 e. The predicted octanol–water partition coefficient (Wildman–Crippen LogP) is 5.05. The summed E-state index contributed by atoms with van der Waals surface area (Å²) in [6, 6.07) is 11.9. The van der Waals surface area contributed by atoms with Crippen LogP contribution >= 0.6 is 0 Å². The molecule has 2 aromatic carbocycles. The van der Waals surface area contributed by atoms with Crippen LogP contribution in [0.25, 0.3) is 0 Å². The van der Waals surface area contributed by atoms with Crippen LogP contribution in [0.15, 0.2) is 57.9 Å². The van der Waals surface area contributed by atoms with E-state index in [9.17, 15) is 23.1 Å². The number of nitrogens with one attached hydrogen (secondary N) is 2. The number of hydrogen-bond donors (Lipinski definition) is 3. The molecule has 14 heteroatoms. The molecule has 3 N–H and O–H groups in total. The molecule has 4 atom stereocenters. The van der Waals surface area contributed by atoms with Crippen LogP contribution < -0.4 is 15.4 Å². The van der Waals surface area contributed by atoms with E-state index in [0.717, 1.165) is 12.8 Å². The predicted molar refractivity (Wildman–Crippen MR) is 182 cm³/mol. The fraction of sp³-hybridized carbons (Fsp3) is 0.500. The molecular weight excluding hydrogens is 638 g/mol. The van der Waals surface area contributed by atoms with Crippen molar-refractivity contribution < 1.29 is 37.1 Å². The van der Waals surface area contributed by atoms with Gasteiger partial charge in [0, 0.05) is 38.3 Å². The molecule has 0 saturated carbocycles. The molecule has 0 spiro atoms. The number of anilines is 2. The van der Waals surface area contributed by atoms with Gasteiger partial charge in [-0.2, -0.15) is 4.31 Å². The first-order valence-electron chi connectivity index (χ1n) is 16.2. The Kier molecular flexibility index (Phi) is 12.6. The second kappa shape index (κ2) is 16.4. The number of urea groups is 1. The minimum Gasteiger partial charge on any atom is -0.490 e. The van der Waals surface area contributed by atoms with Crippen molar-refractivity contribution in [3.63, 3.8) is 0 Å². The van der Waals surface area contributed by atoms with Crippen molar-refractivity contribution in [2.45, 2.75) is 77.0 Å². The highest BCUT2D eigenvalue weighted by atomic mass is 32.2. The number of nitrogens with zero attached hydrogens (tertiary/aromatic N) is 3. The van der Waals surface area contributed by atoms with E-state index in [2.05, 4.69) is 15.8 Å². The van der Waals surface area contributed by atoms with Crippen LogP contribution in [0.3, 0.4) is 0 Å². The minimum absolute atomic E-state index is 0.0678. The number of aromatic nitrogens is 1. The molecule has 2 heterocycles. The Hall–Kier alpha value is -3.98. The average Bonchev–Trinajstić information content (AvgIpc) is 3.38. The van der Waals surface area contributed by atoms with Crippen molar-refractivity contribution in [1.82, 2.24) is 14.4 Å². The molecule has 4 rings (SSSR count). The molecule has 0 saturated heterocycles. The second-order valence-electron chi connectivity index (χ2n) is 12.4. The number of fused-ring (bicyclic) bond motifs is 1. The Bertz CT molecular complexity index is 1630. The lowest BCUT2D eigenvalue weighted by Crippen LogP contribution is -2.48. The van der Waals surface area contributed by atoms with Gasteiger partial charge >= 0.3 is 6.03 Å². The van der Waals surface area contributed by atoms with Crippen molar-refractivity contribution in [1.29, 1.82) is 0 Å². The van der Waals surface area contributed by atoms with Gasteiger partial charge in [0.1, 0.15) is 17.1 Å². The van der Waals surface area contributed by atoms with Gasteiger partial charge in [0.2, 0.25) is 10.0 Å². The number of amides is 3. The third kappa shape index (κ3) is 9.13. The number of ether oxygens (including phenoxy) is 2. The van der Waals surface area contributed by atoms with E-state index in [-0.39, 0.29) is 42.2 Å². The van der Waals surface area contributed by atoms with Crippen LogP contribution in [0.1, 0.15) is 61.8 Å². The third-order valence-electron chi connectivity index (χ3n) is 8.47. The molecule has 48 heavy (non-hydrogen) atoms. The maximum Gasteiger partial charge on any atom is 0.323 e. The van der Waals surface area contributed by atoms with Gasteiger partial charge in [-0.1, -0.05) is 30.3 Å². The Labute approximate surface area is 282 Å². The van der Waals surface area contributed by atoms with Gasteiger partial charge in [-0.3, -0.25) is 4.79 Å². The van der Waals surface area contributed by atoms with Crippen LogP contribution in [0, 0.1) is 19.8 Å². The zero-order valence-electron chi connectivity index (χ0n) is 28.4. The zero-order chi connectivity index (χ0) is 35.0. The monoisotopic (exact) mass is 685 g/mol. The van der Waals surface area contributed by atoms with Gasteiger partial charge in [-0.15, -0.1) is 0 Å². The van der Waals surface area contributed by atoms with E-state index >= 15 is 0 Å². The van der Waals surface area contributed by atoms with E-state index in [1.54, 1.807) is 74.2 Å². The molecule has 262 valence electrons. The molecule has 1 aromatic heterocycles. The fourth-order valence-electron chi connectivity index (χ4n) is 5.52. The summed E-state index contributed by atoms with van der Waals surface area (Å²) in [6.45, 7) is 9.28. The maximum absolute atomic E-state index is 14.4. The van der Waals surface area contributed by atoms with Crippen molar-refractivity contribution in [3.8, 4) is 5.75 Å². The average molecular weight is 686 g/mol. The molecule has 3 aromatic rings. The number of hydrogen-bond acceptors (Lipinski definition) is 9. The van der Waals surface area contributed by atoms with Gasteiger partial charge in [-0.05, 0) is 77.3 Å². The smallest absolute Gasteiger partial charge is 0.323 e. The molecule has 1 aliphatic heterocycles. The summed E-state index contributed by atoms with van der Waals surface area (Å²) in [5.41, 5.74) is 1.54. The van der Waals surface area contributed by atoms with Gasteiger partial charge in [0.15, 0.2) is 5.76 Å². The van der Waals surface area contributed by atoms with Crippen molar-refractivity contribution >= 4 is 33.3 Å². The summed E-state index contributed by atoms with van der Waals surface area (Å²) >= 11 is 0. The number of aliphatic hydroxyl groups excluding tert-OH is 1. The van der Waals surface area contributed by atoms with Crippen molar-refractivity contribution in [2.24, 2.45) is 5.92 Å². The summed E-state index contributed by atoms with van der Waals surface area (Å²) in [4.78, 5) is 29.0. The van der Waals surface area contributed by atoms with Crippen molar-refractivity contribution in [3.05, 3.63) is 65.5 Å². The molecule has 0 aliphatic carbocycles. The first-order chi connectivity index (χ1) is 22.8. The van der Waals surface area contributed by atoms with Crippen LogP contribution in [0.5, 0.6) is 5.75 Å². The number of rotatable bonds is 8. The highest BCUT2D eigenvalue weighted by Crippen LogP contribution is 2.29. The lowest BCUT2D eigenvalue weighted by Gasteiger charge is -2.35. The van der Waals surface area contributed by atoms with E-state index in [0.29, 0.717) is 41.6 Å². The van der Waals surface area contributed by atoms with E-state index < -0.39 is 34.1 Å². The standard InChI is InChI=1S/C34H47N5O8S/c1-22-19-39(23(2)21-40)33(41)29-18-27(35-34(42)36-32-25(4)37-47-26(32)5)15-16-30(29)46-24(3)12-10-11-17-45-31(22)20-38(6)48(43,44)28-13-8-7-9-14-28/h7-9,13-16,18,22-24,31,40H,10-12,17,19-21H2,1-6H3,(H2,35,36,42)/t22-,23+,24-,31+/m0/s1. The highest BCUT2D eigenvalue weighted by Gasteiger charge is 2.32. The van der Waals surface area contributed by atoms with E-state index in [4.69, 9.17) is 14.0 Å². The molecule has 3 amide bonds. The highest BCUT2D eigenvalue weighted by molar-refractivity contribution is 7.89. The van der Waals surface area contributed by atoms with Crippen LogP contribution in [0.2, 0.25) is 0 Å². The number of carbonyl (C=O) groups excluding carboxylic acids is 2. The SMILES string of the molecule is Cc1noc(C)c1NC(=O)Nc1ccc2c(c1)C(=O)N([C@H](C)CO)C[C@H](C)[C@@H](CN(C)S(=O)(=O)c1ccccc1)OCCCC[C@H](C)O2. The maximum atomic E-state index is 14.4. The number of benzene rings is 2. The number of carbonyl (C=O) groups is 2. The Morgan fingerprint density at radius 3 is 2.52 bits per heavy atom. The summed E-state index contributed by atoms with van der Waals surface area (Å²) in [7, 11) is -2.26. The molecule has 13 nitrogen and oxygen atoms in total. The zero-order valence-corrected chi connectivity index (χ0v) is 29.2. The number of sulfonamides is 1. The Morgan fingerprint density at radius 2 is 1.85 bits per heavy atom. The van der Waals surface area contributed by atoms with Gasteiger partial charge in [0.25, 0.3) is 5.91 Å². The summed E-state index contributed by atoms with van der Waals surface area (Å²) < 4.78 is 45.7. The van der Waals surface area contributed by atoms with Crippen LogP contribution in [-0.2, 0) is 14.8 Å². The van der Waals surface area contributed by atoms with Crippen molar-refractivity contribution in [2.75, 3.05) is 44.0 Å².